The van der Waals surface area contributed by atoms with Crippen molar-refractivity contribution in [3.63, 3.8) is 0 Å². The molecule has 2 atom stereocenters. The number of esters is 1. The van der Waals surface area contributed by atoms with Crippen LogP contribution in [0.25, 0.3) is 0 Å². The van der Waals surface area contributed by atoms with Crippen LogP contribution in [0, 0.1) is 0 Å². The molecule has 0 spiro atoms. The molecular weight excluding hydrogens is 248 g/mol. The molecule has 1 fully saturated rings. The van der Waals surface area contributed by atoms with Gasteiger partial charge < -0.3 is 9.47 Å². The van der Waals surface area contributed by atoms with Gasteiger partial charge >= 0.3 is 5.97 Å². The molecule has 0 bridgehead atoms. The normalized spacial score (nSPS) is 22.4. The molecule has 0 saturated carbocycles. The van der Waals surface area contributed by atoms with Crippen LogP contribution in [0.15, 0.2) is 0 Å². The molecule has 7 heteroatoms. The Bertz CT molecular complexity index is 344. The molecule has 1 unspecified atom stereocenters. The van der Waals surface area contributed by atoms with Crippen molar-refractivity contribution in [2.45, 2.75) is 38.9 Å². The van der Waals surface area contributed by atoms with Gasteiger partial charge in [-0.3, -0.25) is 4.18 Å². The van der Waals surface area contributed by atoms with E-state index < -0.39 is 22.2 Å². The van der Waals surface area contributed by atoms with Crippen LogP contribution in [0.3, 0.4) is 0 Å². The van der Waals surface area contributed by atoms with Gasteiger partial charge in [-0.1, -0.05) is 0 Å². The van der Waals surface area contributed by atoms with Crippen molar-refractivity contribution in [2.24, 2.45) is 0 Å². The summed E-state index contributed by atoms with van der Waals surface area (Å²) >= 11 is 0. The van der Waals surface area contributed by atoms with E-state index in [1.807, 2.05) is 0 Å². The standard InChI is InChI=1S/C10H18O6S/c1-3-17(12,13)16-8(2)10(11)15-7-9-5-4-6-14-9/h8-9H,3-7H2,1-2H3/t8?,9-/m0/s1. The average Bonchev–Trinajstić information content (AvgIpc) is 2.78. The monoisotopic (exact) mass is 266 g/mol. The fourth-order valence-corrected chi connectivity index (χ4v) is 2.05. The van der Waals surface area contributed by atoms with Crippen LogP contribution in [-0.2, 0) is 28.6 Å². The second-order valence-electron chi connectivity index (χ2n) is 3.85. The Kier molecular flexibility index (Phi) is 5.35. The van der Waals surface area contributed by atoms with Crippen LogP contribution < -0.4 is 0 Å². The SMILES string of the molecule is CCS(=O)(=O)OC(C)C(=O)OC[C@@H]1CCCO1. The van der Waals surface area contributed by atoms with Crippen molar-refractivity contribution in [1.82, 2.24) is 0 Å². The Labute approximate surface area is 101 Å². The van der Waals surface area contributed by atoms with Gasteiger partial charge in [0.25, 0.3) is 10.1 Å². The topological polar surface area (TPSA) is 78.9 Å². The first kappa shape index (κ1) is 14.4. The summed E-state index contributed by atoms with van der Waals surface area (Å²) in [6.07, 6.45) is 0.629. The second-order valence-corrected chi connectivity index (χ2v) is 5.74. The second kappa shape index (κ2) is 6.32. The van der Waals surface area contributed by atoms with E-state index in [1.54, 1.807) is 0 Å². The summed E-state index contributed by atoms with van der Waals surface area (Å²) in [5.74, 6) is -0.853. The maximum Gasteiger partial charge on any atom is 0.336 e. The van der Waals surface area contributed by atoms with Gasteiger partial charge in [-0.25, -0.2) is 4.79 Å². The van der Waals surface area contributed by atoms with Crippen LogP contribution in [0.2, 0.25) is 0 Å². The average molecular weight is 266 g/mol. The predicted octanol–water partition coefficient (Wildman–Crippen LogP) is 0.463. The molecule has 0 aliphatic carbocycles. The molecule has 1 aliphatic rings. The third-order valence-corrected chi connectivity index (χ3v) is 3.70. The Balaban J connectivity index is 2.31. The lowest BCUT2D eigenvalue weighted by molar-refractivity contribution is -0.154. The molecule has 0 amide bonds. The third kappa shape index (κ3) is 5.01. The predicted molar refractivity (Wildman–Crippen MR) is 59.9 cm³/mol. The minimum Gasteiger partial charge on any atom is -0.461 e. The van der Waals surface area contributed by atoms with Crippen LogP contribution in [0.1, 0.15) is 26.7 Å². The highest BCUT2D eigenvalue weighted by Crippen LogP contribution is 2.12. The Morgan fingerprint density at radius 1 is 1.53 bits per heavy atom. The maximum absolute atomic E-state index is 11.4. The van der Waals surface area contributed by atoms with Crippen molar-refractivity contribution >= 4 is 16.1 Å². The van der Waals surface area contributed by atoms with Crippen molar-refractivity contribution in [3.05, 3.63) is 0 Å². The smallest absolute Gasteiger partial charge is 0.336 e. The summed E-state index contributed by atoms with van der Waals surface area (Å²) in [5, 5.41) is 0. The van der Waals surface area contributed by atoms with E-state index >= 15 is 0 Å². The molecule has 0 radical (unpaired) electrons. The van der Waals surface area contributed by atoms with Crippen LogP contribution in [0.5, 0.6) is 0 Å². The molecule has 0 aromatic heterocycles. The highest BCUT2D eigenvalue weighted by Gasteiger charge is 2.24. The number of ether oxygens (including phenoxy) is 2. The highest BCUT2D eigenvalue weighted by molar-refractivity contribution is 7.86. The van der Waals surface area contributed by atoms with Gasteiger partial charge in [0.05, 0.1) is 11.9 Å². The van der Waals surface area contributed by atoms with Gasteiger partial charge in [0.15, 0.2) is 6.10 Å². The summed E-state index contributed by atoms with van der Waals surface area (Å²) in [7, 11) is -3.63. The first-order chi connectivity index (χ1) is 7.94. The van der Waals surface area contributed by atoms with Gasteiger partial charge in [-0.2, -0.15) is 8.42 Å². The zero-order chi connectivity index (χ0) is 12.9. The minimum absolute atomic E-state index is 0.0751. The highest BCUT2D eigenvalue weighted by atomic mass is 32.2. The Morgan fingerprint density at radius 3 is 2.76 bits per heavy atom. The van der Waals surface area contributed by atoms with Gasteiger partial charge in [0.1, 0.15) is 6.61 Å². The lowest BCUT2D eigenvalue weighted by Gasteiger charge is -2.14. The lowest BCUT2D eigenvalue weighted by atomic mass is 10.2. The summed E-state index contributed by atoms with van der Waals surface area (Å²) in [4.78, 5) is 11.4. The molecule has 17 heavy (non-hydrogen) atoms. The molecule has 100 valence electrons. The number of hydrogen-bond acceptors (Lipinski definition) is 6. The molecule has 1 rings (SSSR count). The van der Waals surface area contributed by atoms with Crippen LogP contribution >= 0.6 is 0 Å². The Hall–Kier alpha value is -0.660. The Morgan fingerprint density at radius 2 is 2.24 bits per heavy atom. The quantitative estimate of drug-likeness (QED) is 0.513. The number of rotatable bonds is 6. The van der Waals surface area contributed by atoms with E-state index in [-0.39, 0.29) is 18.5 Å². The van der Waals surface area contributed by atoms with Gasteiger partial charge in [0.2, 0.25) is 0 Å². The van der Waals surface area contributed by atoms with Crippen molar-refractivity contribution in [1.29, 1.82) is 0 Å². The summed E-state index contributed by atoms with van der Waals surface area (Å²) < 4.78 is 37.1. The van der Waals surface area contributed by atoms with E-state index in [0.29, 0.717) is 6.61 Å². The van der Waals surface area contributed by atoms with E-state index in [0.717, 1.165) is 12.8 Å². The zero-order valence-electron chi connectivity index (χ0n) is 10.0. The molecule has 1 heterocycles. The van der Waals surface area contributed by atoms with Gasteiger partial charge in [0, 0.05) is 6.61 Å². The molecule has 0 aromatic carbocycles. The van der Waals surface area contributed by atoms with Crippen molar-refractivity contribution in [3.8, 4) is 0 Å². The summed E-state index contributed by atoms with van der Waals surface area (Å²) in [5.41, 5.74) is 0. The molecule has 0 N–H and O–H groups in total. The molecular formula is C10H18O6S. The fourth-order valence-electron chi connectivity index (χ4n) is 1.40. The maximum atomic E-state index is 11.4. The number of carbonyl (C=O) groups excluding carboxylic acids is 1. The van der Waals surface area contributed by atoms with E-state index in [1.165, 1.54) is 13.8 Å². The molecule has 0 aromatic rings. The fraction of sp³-hybridized carbons (Fsp3) is 0.900. The van der Waals surface area contributed by atoms with Gasteiger partial charge in [-0.15, -0.1) is 0 Å². The summed E-state index contributed by atoms with van der Waals surface area (Å²) in [6.45, 7) is 3.63. The first-order valence-electron chi connectivity index (χ1n) is 5.64. The summed E-state index contributed by atoms with van der Waals surface area (Å²) in [6, 6.07) is 0. The first-order valence-corrected chi connectivity index (χ1v) is 7.21. The van der Waals surface area contributed by atoms with Gasteiger partial charge in [-0.05, 0) is 26.7 Å². The molecule has 1 aliphatic heterocycles. The van der Waals surface area contributed by atoms with Crippen molar-refractivity contribution in [2.75, 3.05) is 19.0 Å². The van der Waals surface area contributed by atoms with Crippen molar-refractivity contribution < 1.29 is 26.9 Å². The molecule has 6 nitrogen and oxygen atoms in total. The third-order valence-electron chi connectivity index (χ3n) is 2.41. The largest absolute Gasteiger partial charge is 0.461 e. The van der Waals surface area contributed by atoms with Crippen LogP contribution in [0.4, 0.5) is 0 Å². The zero-order valence-corrected chi connectivity index (χ0v) is 10.9. The number of carbonyl (C=O) groups is 1. The lowest BCUT2D eigenvalue weighted by Crippen LogP contribution is -2.29. The van der Waals surface area contributed by atoms with Crippen LogP contribution in [-0.4, -0.2) is 45.6 Å². The van der Waals surface area contributed by atoms with E-state index in [2.05, 4.69) is 4.18 Å². The molecule has 1 saturated heterocycles. The number of hydrogen-bond donors (Lipinski definition) is 0. The minimum atomic E-state index is -3.63. The van der Waals surface area contributed by atoms with E-state index in [9.17, 15) is 13.2 Å². The van der Waals surface area contributed by atoms with E-state index in [4.69, 9.17) is 9.47 Å².